The second kappa shape index (κ2) is 5.61. The number of thioether (sulfide) groups is 1. The van der Waals surface area contributed by atoms with Gasteiger partial charge in [-0.2, -0.15) is 0 Å². The third-order valence-corrected chi connectivity index (χ3v) is 4.02. The highest BCUT2D eigenvalue weighted by Gasteiger charge is 2.20. The van der Waals surface area contributed by atoms with Crippen molar-refractivity contribution in [2.24, 2.45) is 0 Å². The number of carbonyl (C=O) groups is 1. The molecule has 7 heteroatoms. The number of carboxylic acids is 1. The van der Waals surface area contributed by atoms with E-state index >= 15 is 0 Å². The van der Waals surface area contributed by atoms with Gasteiger partial charge in [-0.1, -0.05) is 11.8 Å². The van der Waals surface area contributed by atoms with E-state index in [2.05, 4.69) is 9.97 Å². The lowest BCUT2D eigenvalue weighted by molar-refractivity contribution is -0.133. The monoisotopic (exact) mass is 303 g/mol. The summed E-state index contributed by atoms with van der Waals surface area (Å²) in [6.07, 6.45) is 3.31. The Morgan fingerprint density at radius 3 is 3.05 bits per heavy atom. The van der Waals surface area contributed by atoms with Gasteiger partial charge in [0.05, 0.1) is 18.1 Å². The molecule has 0 spiro atoms. The molecule has 3 rings (SSSR count). The molecule has 0 aliphatic heterocycles. The van der Waals surface area contributed by atoms with E-state index in [9.17, 15) is 4.79 Å². The van der Waals surface area contributed by atoms with Gasteiger partial charge < -0.3 is 9.52 Å². The second-order valence-electron chi connectivity index (χ2n) is 4.48. The van der Waals surface area contributed by atoms with Crippen LogP contribution in [-0.4, -0.2) is 31.4 Å². The summed E-state index contributed by atoms with van der Waals surface area (Å²) in [5, 5.41) is 9.49. The summed E-state index contributed by atoms with van der Waals surface area (Å²) < 4.78 is 7.35. The molecule has 3 aromatic heterocycles. The maximum atomic E-state index is 10.8. The SMILES string of the molecule is CC(c1ccco1)n1c(SCC(=O)O)nc2cccnc21. The summed E-state index contributed by atoms with van der Waals surface area (Å²) in [6.45, 7) is 1.97. The molecule has 1 atom stereocenters. The van der Waals surface area contributed by atoms with Gasteiger partial charge in [-0.15, -0.1) is 0 Å². The van der Waals surface area contributed by atoms with E-state index in [4.69, 9.17) is 9.52 Å². The van der Waals surface area contributed by atoms with Crippen LogP contribution in [0.5, 0.6) is 0 Å². The van der Waals surface area contributed by atoms with Crippen molar-refractivity contribution >= 4 is 28.9 Å². The third kappa shape index (κ3) is 2.64. The predicted octanol–water partition coefficient (Wildman–Crippen LogP) is 2.81. The molecule has 108 valence electrons. The molecule has 3 heterocycles. The number of aromatic nitrogens is 3. The molecule has 1 N–H and O–H groups in total. The number of imidazole rings is 1. The van der Waals surface area contributed by atoms with Crippen molar-refractivity contribution in [1.82, 2.24) is 14.5 Å². The summed E-state index contributed by atoms with van der Waals surface area (Å²) >= 11 is 1.18. The Labute approximate surface area is 124 Å². The Morgan fingerprint density at radius 1 is 1.48 bits per heavy atom. The summed E-state index contributed by atoms with van der Waals surface area (Å²) in [5.74, 6) is -0.150. The van der Waals surface area contributed by atoms with E-state index < -0.39 is 5.97 Å². The van der Waals surface area contributed by atoms with Crippen molar-refractivity contribution in [3.05, 3.63) is 42.5 Å². The fourth-order valence-corrected chi connectivity index (χ4v) is 2.94. The summed E-state index contributed by atoms with van der Waals surface area (Å²) in [4.78, 5) is 19.6. The zero-order valence-electron chi connectivity index (χ0n) is 11.3. The van der Waals surface area contributed by atoms with Crippen LogP contribution in [0.2, 0.25) is 0 Å². The van der Waals surface area contributed by atoms with Gasteiger partial charge >= 0.3 is 5.97 Å². The van der Waals surface area contributed by atoms with Gasteiger partial charge in [0, 0.05) is 6.20 Å². The molecule has 1 unspecified atom stereocenters. The van der Waals surface area contributed by atoms with Crippen molar-refractivity contribution in [1.29, 1.82) is 0 Å². The first-order chi connectivity index (χ1) is 10.2. The molecule has 0 aliphatic rings. The lowest BCUT2D eigenvalue weighted by Crippen LogP contribution is -2.09. The summed E-state index contributed by atoms with van der Waals surface area (Å²) in [5.41, 5.74) is 1.46. The van der Waals surface area contributed by atoms with E-state index in [0.29, 0.717) is 10.8 Å². The maximum absolute atomic E-state index is 10.8. The molecule has 0 aliphatic carbocycles. The van der Waals surface area contributed by atoms with Crippen LogP contribution in [0.3, 0.4) is 0 Å². The minimum atomic E-state index is -0.878. The molecule has 6 nitrogen and oxygen atoms in total. The molecule has 0 saturated heterocycles. The highest BCUT2D eigenvalue weighted by Crippen LogP contribution is 2.30. The Morgan fingerprint density at radius 2 is 2.33 bits per heavy atom. The Bertz CT molecular complexity index is 767. The fraction of sp³-hybridized carbons (Fsp3) is 0.214. The zero-order valence-corrected chi connectivity index (χ0v) is 12.1. The van der Waals surface area contributed by atoms with Crippen molar-refractivity contribution in [3.8, 4) is 0 Å². The number of rotatable bonds is 5. The average Bonchev–Trinajstić information content (AvgIpc) is 3.11. The molecular formula is C14H13N3O3S. The highest BCUT2D eigenvalue weighted by atomic mass is 32.2. The summed E-state index contributed by atoms with van der Waals surface area (Å²) in [7, 11) is 0. The minimum absolute atomic E-state index is 0.0474. The van der Waals surface area contributed by atoms with Crippen molar-refractivity contribution in [2.45, 2.75) is 18.1 Å². The van der Waals surface area contributed by atoms with Crippen LogP contribution in [0.15, 0.2) is 46.3 Å². The van der Waals surface area contributed by atoms with Crippen molar-refractivity contribution < 1.29 is 14.3 Å². The van der Waals surface area contributed by atoms with Gasteiger partial charge in [0.2, 0.25) is 0 Å². The zero-order chi connectivity index (χ0) is 14.8. The van der Waals surface area contributed by atoms with Gasteiger partial charge in [-0.05, 0) is 31.2 Å². The molecule has 0 fully saturated rings. The fourth-order valence-electron chi connectivity index (χ4n) is 2.14. The van der Waals surface area contributed by atoms with Crippen LogP contribution < -0.4 is 0 Å². The van der Waals surface area contributed by atoms with Crippen molar-refractivity contribution in [2.75, 3.05) is 5.75 Å². The van der Waals surface area contributed by atoms with Crippen LogP contribution in [0, 0.1) is 0 Å². The Kier molecular flexibility index (Phi) is 3.66. The first-order valence-electron chi connectivity index (χ1n) is 6.38. The molecule has 0 saturated carbocycles. The van der Waals surface area contributed by atoms with Crippen LogP contribution in [0.4, 0.5) is 0 Å². The number of nitrogens with zero attached hydrogens (tertiary/aromatic N) is 3. The largest absolute Gasteiger partial charge is 0.481 e. The number of pyridine rings is 1. The number of hydrogen-bond acceptors (Lipinski definition) is 5. The minimum Gasteiger partial charge on any atom is -0.481 e. The first-order valence-corrected chi connectivity index (χ1v) is 7.36. The molecule has 0 aromatic carbocycles. The van der Waals surface area contributed by atoms with Gasteiger partial charge in [-0.25, -0.2) is 9.97 Å². The molecule has 0 bridgehead atoms. The van der Waals surface area contributed by atoms with Crippen molar-refractivity contribution in [3.63, 3.8) is 0 Å². The number of furan rings is 1. The van der Waals surface area contributed by atoms with Gasteiger partial charge in [-0.3, -0.25) is 9.36 Å². The third-order valence-electron chi connectivity index (χ3n) is 3.08. The molecule has 3 aromatic rings. The topological polar surface area (TPSA) is 81.2 Å². The quantitative estimate of drug-likeness (QED) is 0.730. The summed E-state index contributed by atoms with van der Waals surface area (Å²) in [6, 6.07) is 7.26. The lowest BCUT2D eigenvalue weighted by Gasteiger charge is -2.14. The van der Waals surface area contributed by atoms with Crippen LogP contribution in [-0.2, 0) is 4.79 Å². The van der Waals surface area contributed by atoms with Crippen LogP contribution in [0.25, 0.3) is 11.2 Å². The number of carboxylic acid groups (broad SMARTS) is 1. The standard InChI is InChI=1S/C14H13N3O3S/c1-9(11-5-3-7-20-11)17-13-10(4-2-6-15-13)16-14(17)21-8-12(18)19/h2-7,9H,8H2,1H3,(H,18,19). The molecular weight excluding hydrogens is 290 g/mol. The molecule has 0 radical (unpaired) electrons. The van der Waals surface area contributed by atoms with Crippen LogP contribution in [0.1, 0.15) is 18.7 Å². The van der Waals surface area contributed by atoms with E-state index in [-0.39, 0.29) is 11.8 Å². The second-order valence-corrected chi connectivity index (χ2v) is 5.43. The smallest absolute Gasteiger partial charge is 0.313 e. The Hall–Kier alpha value is -2.28. The Balaban J connectivity index is 2.08. The highest BCUT2D eigenvalue weighted by molar-refractivity contribution is 7.99. The van der Waals surface area contributed by atoms with Gasteiger partial charge in [0.1, 0.15) is 11.3 Å². The predicted molar refractivity (Wildman–Crippen MR) is 78.4 cm³/mol. The first kappa shape index (κ1) is 13.7. The number of hydrogen-bond donors (Lipinski definition) is 1. The molecule has 0 amide bonds. The average molecular weight is 303 g/mol. The number of aliphatic carboxylic acids is 1. The van der Waals surface area contributed by atoms with E-state index in [1.54, 1.807) is 12.5 Å². The number of fused-ring (bicyclic) bond motifs is 1. The van der Waals surface area contributed by atoms with Gasteiger partial charge in [0.25, 0.3) is 0 Å². The van der Waals surface area contributed by atoms with E-state index in [0.717, 1.165) is 11.3 Å². The lowest BCUT2D eigenvalue weighted by atomic mass is 10.2. The van der Waals surface area contributed by atoms with Gasteiger partial charge in [0.15, 0.2) is 10.8 Å². The normalized spacial score (nSPS) is 12.6. The van der Waals surface area contributed by atoms with Crippen LogP contribution >= 0.6 is 11.8 Å². The maximum Gasteiger partial charge on any atom is 0.313 e. The van der Waals surface area contributed by atoms with E-state index in [1.165, 1.54) is 11.8 Å². The van der Waals surface area contributed by atoms with E-state index in [1.807, 2.05) is 35.8 Å². The molecule has 21 heavy (non-hydrogen) atoms.